The van der Waals surface area contributed by atoms with Crippen molar-refractivity contribution in [1.82, 2.24) is 14.7 Å². The number of nitrogens with zero attached hydrogens (tertiary/aromatic N) is 3. The van der Waals surface area contributed by atoms with Gasteiger partial charge in [0.1, 0.15) is 12.7 Å². The molecule has 6 heteroatoms. The fourth-order valence-corrected chi connectivity index (χ4v) is 4.13. The Morgan fingerprint density at radius 3 is 2.80 bits per heavy atom. The van der Waals surface area contributed by atoms with Crippen molar-refractivity contribution in [3.63, 3.8) is 0 Å². The number of benzene rings is 1. The van der Waals surface area contributed by atoms with Gasteiger partial charge < -0.3 is 19.3 Å². The van der Waals surface area contributed by atoms with E-state index in [4.69, 9.17) is 9.47 Å². The predicted octanol–water partition coefficient (Wildman–Crippen LogP) is 2.05. The number of fused-ring (bicyclic) bond motifs is 1. The number of amides is 2. The lowest BCUT2D eigenvalue weighted by molar-refractivity contribution is 0.0401. The lowest BCUT2D eigenvalue weighted by Gasteiger charge is -2.39. The smallest absolute Gasteiger partial charge is 0.320 e. The minimum Gasteiger partial charge on any atom is -0.486 e. The van der Waals surface area contributed by atoms with Crippen molar-refractivity contribution in [2.75, 3.05) is 45.9 Å². The largest absolute Gasteiger partial charge is 0.486 e. The number of ether oxygens (including phenoxy) is 2. The molecule has 2 unspecified atom stereocenters. The van der Waals surface area contributed by atoms with Gasteiger partial charge in [0.25, 0.3) is 0 Å². The molecule has 6 nitrogen and oxygen atoms in total. The topological polar surface area (TPSA) is 45.2 Å². The lowest BCUT2D eigenvalue weighted by atomic mass is 10.0. The van der Waals surface area contributed by atoms with E-state index in [1.54, 1.807) is 0 Å². The van der Waals surface area contributed by atoms with Crippen molar-refractivity contribution < 1.29 is 14.3 Å². The Hall–Kier alpha value is -1.95. The van der Waals surface area contributed by atoms with E-state index in [0.29, 0.717) is 12.6 Å². The van der Waals surface area contributed by atoms with Gasteiger partial charge >= 0.3 is 6.03 Å². The molecule has 3 aliphatic rings. The quantitative estimate of drug-likeness (QED) is 0.838. The number of rotatable bonds is 4. The second-order valence-corrected chi connectivity index (χ2v) is 7.11. The molecule has 0 radical (unpaired) electrons. The zero-order chi connectivity index (χ0) is 17.2. The van der Waals surface area contributed by atoms with Crippen LogP contribution in [0.25, 0.3) is 0 Å². The van der Waals surface area contributed by atoms with Crippen LogP contribution in [0.2, 0.25) is 0 Å². The molecule has 1 aromatic rings. The average molecular weight is 345 g/mol. The summed E-state index contributed by atoms with van der Waals surface area (Å²) in [7, 11) is 0. The zero-order valence-electron chi connectivity index (χ0n) is 14.9. The summed E-state index contributed by atoms with van der Waals surface area (Å²) in [6, 6.07) is 8.38. The first-order valence-corrected chi connectivity index (χ1v) is 9.41. The second-order valence-electron chi connectivity index (χ2n) is 7.11. The number of hydrogen-bond acceptors (Lipinski definition) is 4. The van der Waals surface area contributed by atoms with Crippen LogP contribution in [0.1, 0.15) is 19.8 Å². The number of urea groups is 1. The summed E-state index contributed by atoms with van der Waals surface area (Å²) in [5.74, 6) is 1.67. The van der Waals surface area contributed by atoms with Gasteiger partial charge in [0.2, 0.25) is 0 Å². The molecular formula is C19H27N3O3. The van der Waals surface area contributed by atoms with Crippen molar-refractivity contribution in [2.24, 2.45) is 0 Å². The first-order chi connectivity index (χ1) is 12.2. The van der Waals surface area contributed by atoms with Crippen molar-refractivity contribution in [3.05, 3.63) is 24.3 Å². The summed E-state index contributed by atoms with van der Waals surface area (Å²) in [5, 5.41) is 0. The van der Waals surface area contributed by atoms with Gasteiger partial charge in [-0.1, -0.05) is 12.1 Å². The van der Waals surface area contributed by atoms with Crippen molar-refractivity contribution in [3.8, 4) is 11.5 Å². The van der Waals surface area contributed by atoms with Crippen molar-refractivity contribution in [2.45, 2.75) is 31.9 Å². The molecule has 2 fully saturated rings. The zero-order valence-corrected chi connectivity index (χ0v) is 14.9. The Morgan fingerprint density at radius 2 is 2.00 bits per heavy atom. The van der Waals surface area contributed by atoms with Crippen LogP contribution in [0.4, 0.5) is 4.79 Å². The standard InChI is InChI=1S/C19H27N3O3/c1-2-21-10-11-22(19(21)23)15-6-5-9-20(12-15)13-16-14-24-17-7-3-4-8-18(17)25-16/h3-4,7-8,15-16H,2,5-6,9-14H2,1H3. The molecule has 3 aliphatic heterocycles. The highest BCUT2D eigenvalue weighted by Crippen LogP contribution is 2.31. The number of piperidine rings is 1. The van der Waals surface area contributed by atoms with Crippen LogP contribution >= 0.6 is 0 Å². The molecule has 2 saturated heterocycles. The number of carbonyl (C=O) groups excluding carboxylic acids is 1. The third-order valence-corrected chi connectivity index (χ3v) is 5.46. The highest BCUT2D eigenvalue weighted by atomic mass is 16.6. The summed E-state index contributed by atoms with van der Waals surface area (Å²) in [4.78, 5) is 18.9. The summed E-state index contributed by atoms with van der Waals surface area (Å²) in [6.07, 6.45) is 2.28. The fraction of sp³-hybridized carbons (Fsp3) is 0.632. The van der Waals surface area contributed by atoms with Crippen LogP contribution in [0.3, 0.4) is 0 Å². The van der Waals surface area contributed by atoms with Gasteiger partial charge in [0.05, 0.1) is 0 Å². The molecule has 2 amide bonds. The van der Waals surface area contributed by atoms with Gasteiger partial charge in [-0.05, 0) is 38.4 Å². The Bertz CT molecular complexity index is 624. The summed E-state index contributed by atoms with van der Waals surface area (Å²) in [5.41, 5.74) is 0. The molecule has 1 aromatic carbocycles. The molecule has 0 aromatic heterocycles. The maximum atomic E-state index is 12.5. The Kier molecular flexibility index (Phi) is 4.70. The molecule has 2 atom stereocenters. The molecule has 25 heavy (non-hydrogen) atoms. The molecule has 136 valence electrons. The van der Waals surface area contributed by atoms with Gasteiger partial charge in [-0.2, -0.15) is 0 Å². The molecule has 3 heterocycles. The third kappa shape index (κ3) is 3.40. The van der Waals surface area contributed by atoms with Crippen molar-refractivity contribution in [1.29, 1.82) is 0 Å². The molecule has 0 saturated carbocycles. The number of hydrogen-bond donors (Lipinski definition) is 0. The monoisotopic (exact) mass is 345 g/mol. The van der Waals surface area contributed by atoms with E-state index in [0.717, 1.165) is 63.6 Å². The minimum atomic E-state index is 0.0510. The molecule has 0 aliphatic carbocycles. The van der Waals surface area contributed by atoms with E-state index < -0.39 is 0 Å². The molecule has 0 N–H and O–H groups in total. The van der Waals surface area contributed by atoms with Crippen LogP contribution in [-0.2, 0) is 0 Å². The maximum Gasteiger partial charge on any atom is 0.320 e. The second kappa shape index (κ2) is 7.12. The number of para-hydroxylation sites is 2. The minimum absolute atomic E-state index is 0.0510. The molecule has 4 rings (SSSR count). The highest BCUT2D eigenvalue weighted by Gasteiger charge is 2.35. The maximum absolute atomic E-state index is 12.5. The predicted molar refractivity (Wildman–Crippen MR) is 95.2 cm³/mol. The van der Waals surface area contributed by atoms with Gasteiger partial charge in [-0.25, -0.2) is 4.79 Å². The van der Waals surface area contributed by atoms with E-state index in [2.05, 4.69) is 9.80 Å². The van der Waals surface area contributed by atoms with Crippen LogP contribution in [0, 0.1) is 0 Å². The number of likely N-dealkylation sites (N-methyl/N-ethyl adjacent to an activating group) is 1. The SMILES string of the molecule is CCN1CCN(C2CCCN(CC3COc4ccccc4O3)C2)C1=O. The normalized spacial score (nSPS) is 27.0. The average Bonchev–Trinajstić information content (AvgIpc) is 3.02. The van der Waals surface area contributed by atoms with E-state index in [-0.39, 0.29) is 12.1 Å². The fourth-order valence-electron chi connectivity index (χ4n) is 4.13. The number of likely N-dealkylation sites (tertiary alicyclic amines) is 1. The third-order valence-electron chi connectivity index (χ3n) is 5.46. The summed E-state index contributed by atoms with van der Waals surface area (Å²) in [6.45, 7) is 8.02. The molecule has 0 bridgehead atoms. The van der Waals surface area contributed by atoms with Crippen molar-refractivity contribution >= 4 is 6.03 Å². The van der Waals surface area contributed by atoms with Crippen LogP contribution < -0.4 is 9.47 Å². The Balaban J connectivity index is 1.34. The first kappa shape index (κ1) is 16.5. The highest BCUT2D eigenvalue weighted by molar-refractivity contribution is 5.76. The van der Waals surface area contributed by atoms with E-state index in [1.807, 2.05) is 36.1 Å². The first-order valence-electron chi connectivity index (χ1n) is 9.41. The van der Waals surface area contributed by atoms with Gasteiger partial charge in [-0.15, -0.1) is 0 Å². The summed E-state index contributed by atoms with van der Waals surface area (Å²) >= 11 is 0. The van der Waals surface area contributed by atoms with Crippen LogP contribution in [0.5, 0.6) is 11.5 Å². The summed E-state index contributed by atoms with van der Waals surface area (Å²) < 4.78 is 11.9. The lowest BCUT2D eigenvalue weighted by Crippen LogP contribution is -2.52. The Morgan fingerprint density at radius 1 is 1.16 bits per heavy atom. The van der Waals surface area contributed by atoms with E-state index >= 15 is 0 Å². The van der Waals surface area contributed by atoms with Gasteiger partial charge in [-0.3, -0.25) is 4.90 Å². The molecule has 0 spiro atoms. The van der Waals surface area contributed by atoms with E-state index in [9.17, 15) is 4.79 Å². The molecular weight excluding hydrogens is 318 g/mol. The number of carbonyl (C=O) groups is 1. The Labute approximate surface area is 149 Å². The van der Waals surface area contributed by atoms with Crippen LogP contribution in [0.15, 0.2) is 24.3 Å². The van der Waals surface area contributed by atoms with Gasteiger partial charge in [0.15, 0.2) is 11.5 Å². The van der Waals surface area contributed by atoms with Gasteiger partial charge in [0, 0.05) is 38.8 Å². The van der Waals surface area contributed by atoms with Crippen LogP contribution in [-0.4, -0.2) is 78.8 Å². The van der Waals surface area contributed by atoms with E-state index in [1.165, 1.54) is 0 Å².